The number of hydrogen-bond acceptors (Lipinski definition) is 1. The summed E-state index contributed by atoms with van der Waals surface area (Å²) in [6.07, 6.45) is 7.76. The monoisotopic (exact) mass is 913 g/mol. The SMILES string of the molecule is CCCC(C#Cc1ccc(C#C[Si](C(C)C)(C(C)C)C(C)C)cc1)=C(C#Cc1ccc(C#CC(CCC)=C(C#Cc2ccc(C#C[Si](C(C)C)(C(C)C)C(C)C)cc2)CCC)s1)CCC. The van der Waals surface area contributed by atoms with Gasteiger partial charge in [0.15, 0.2) is 0 Å². The summed E-state index contributed by atoms with van der Waals surface area (Å²) in [5.74, 6) is 35.3. The fourth-order valence-electron chi connectivity index (χ4n) is 9.70. The highest BCUT2D eigenvalue weighted by atomic mass is 32.1. The van der Waals surface area contributed by atoms with E-state index in [0.717, 1.165) is 106 Å². The normalized spacial score (nSPS) is 12.2. The maximum absolute atomic E-state index is 3.85. The Balaban J connectivity index is 1.90. The van der Waals surface area contributed by atoms with Crippen LogP contribution in [0.2, 0.25) is 33.2 Å². The highest BCUT2D eigenvalue weighted by Crippen LogP contribution is 2.42. The summed E-state index contributed by atoms with van der Waals surface area (Å²) in [5.41, 5.74) is 20.2. The van der Waals surface area contributed by atoms with E-state index in [1.807, 2.05) is 0 Å². The molecule has 0 amide bonds. The van der Waals surface area contributed by atoms with Gasteiger partial charge in [0.05, 0.1) is 9.75 Å². The molecule has 0 spiro atoms. The molecule has 0 bridgehead atoms. The number of benzene rings is 2. The van der Waals surface area contributed by atoms with Crippen molar-refractivity contribution in [1.29, 1.82) is 0 Å². The van der Waals surface area contributed by atoms with E-state index in [1.54, 1.807) is 11.3 Å². The van der Waals surface area contributed by atoms with Crippen LogP contribution < -0.4 is 0 Å². The van der Waals surface area contributed by atoms with Crippen molar-refractivity contribution in [1.82, 2.24) is 0 Å². The van der Waals surface area contributed by atoms with Gasteiger partial charge in [0.2, 0.25) is 0 Å². The highest BCUT2D eigenvalue weighted by molar-refractivity contribution is 7.13. The summed E-state index contributed by atoms with van der Waals surface area (Å²) >= 11 is 1.66. The summed E-state index contributed by atoms with van der Waals surface area (Å²) in [4.78, 5) is 2.05. The minimum Gasteiger partial charge on any atom is -0.125 e. The second-order valence-corrected chi connectivity index (χ2v) is 31.8. The number of rotatable bonds is 14. The van der Waals surface area contributed by atoms with E-state index in [1.165, 1.54) is 0 Å². The van der Waals surface area contributed by atoms with Gasteiger partial charge in [-0.2, -0.15) is 0 Å². The Hall–Kier alpha value is -4.59. The second kappa shape index (κ2) is 27.1. The molecule has 2 aromatic carbocycles. The van der Waals surface area contributed by atoms with Gasteiger partial charge >= 0.3 is 0 Å². The summed E-state index contributed by atoms with van der Waals surface area (Å²) in [7, 11) is -3.56. The lowest BCUT2D eigenvalue weighted by molar-refractivity contribution is 0.838. The van der Waals surface area contributed by atoms with Gasteiger partial charge in [0, 0.05) is 44.5 Å². The average molecular weight is 914 g/mol. The van der Waals surface area contributed by atoms with E-state index >= 15 is 0 Å². The van der Waals surface area contributed by atoms with Crippen LogP contribution in [0.25, 0.3) is 0 Å². The van der Waals surface area contributed by atoms with Crippen LogP contribution in [0, 0.1) is 70.3 Å². The molecular weight excluding hydrogens is 833 g/mol. The molecule has 0 aliphatic carbocycles. The van der Waals surface area contributed by atoms with Gasteiger partial charge in [0.1, 0.15) is 16.1 Å². The number of allylic oxidation sites excluding steroid dienone is 4. The molecule has 0 fully saturated rings. The number of hydrogen-bond donors (Lipinski definition) is 0. The van der Waals surface area contributed by atoms with E-state index in [0.29, 0.717) is 33.2 Å². The van der Waals surface area contributed by atoms with Crippen LogP contribution in [0.3, 0.4) is 0 Å². The molecule has 0 saturated carbocycles. The molecule has 3 rings (SSSR count). The lowest BCUT2D eigenvalue weighted by atomic mass is 9.99. The standard InChI is InChI=1S/C62H80SSi2/c1-17-21-57(35-33-53-25-29-55(30-26-53)43-45-64(47(5)6,48(7)8)49(9)10)59(23-19-3)37-39-61-41-42-62(63-61)40-38-60(24-20-4)58(22-18-2)36-34-54-27-31-56(32-28-54)44-46-65(50(11)12,51(13)14)52(15)16/h25-32,41-42,47-52H,17-24H2,1-16H3. The van der Waals surface area contributed by atoms with Crippen LogP contribution in [0.15, 0.2) is 83.0 Å². The Morgan fingerprint density at radius 2 is 0.585 bits per heavy atom. The fourth-order valence-corrected chi connectivity index (χ4v) is 20.9. The molecule has 3 aromatic rings. The second-order valence-electron chi connectivity index (χ2n) is 19.5. The van der Waals surface area contributed by atoms with Crippen molar-refractivity contribution in [3.63, 3.8) is 0 Å². The third-order valence-corrected chi connectivity index (χ3v) is 26.6. The highest BCUT2D eigenvalue weighted by Gasteiger charge is 2.42. The Morgan fingerprint density at radius 3 is 0.815 bits per heavy atom. The minimum absolute atomic E-state index is 0.616. The molecule has 0 N–H and O–H groups in total. The molecule has 0 aliphatic heterocycles. The van der Waals surface area contributed by atoms with E-state index in [4.69, 9.17) is 0 Å². The van der Waals surface area contributed by atoms with Crippen molar-refractivity contribution >= 4 is 27.5 Å². The predicted octanol–water partition coefficient (Wildman–Crippen LogP) is 17.5. The van der Waals surface area contributed by atoms with Crippen LogP contribution in [0.5, 0.6) is 0 Å². The van der Waals surface area contributed by atoms with E-state index in [2.05, 4.69) is 242 Å². The van der Waals surface area contributed by atoms with Crippen LogP contribution >= 0.6 is 11.3 Å². The fraction of sp³-hybridized carbons (Fsp3) is 0.484. The average Bonchev–Trinajstić information content (AvgIpc) is 3.72. The molecule has 342 valence electrons. The maximum atomic E-state index is 3.85. The van der Waals surface area contributed by atoms with Crippen molar-refractivity contribution in [3.05, 3.63) is 115 Å². The van der Waals surface area contributed by atoms with Gasteiger partial charge in [-0.1, -0.05) is 196 Å². The van der Waals surface area contributed by atoms with Crippen molar-refractivity contribution in [2.75, 3.05) is 0 Å². The van der Waals surface area contributed by atoms with Gasteiger partial charge in [0.25, 0.3) is 0 Å². The molecule has 0 radical (unpaired) electrons. The molecule has 0 atom stereocenters. The van der Waals surface area contributed by atoms with E-state index < -0.39 is 16.1 Å². The lowest BCUT2D eigenvalue weighted by Gasteiger charge is -2.38. The number of thiophene rings is 1. The zero-order valence-electron chi connectivity index (χ0n) is 43.3. The molecule has 65 heavy (non-hydrogen) atoms. The largest absolute Gasteiger partial charge is 0.146 e. The molecule has 1 aromatic heterocycles. The summed E-state index contributed by atoms with van der Waals surface area (Å²) < 4.78 is 0. The summed E-state index contributed by atoms with van der Waals surface area (Å²) in [5, 5.41) is 0. The van der Waals surface area contributed by atoms with Crippen LogP contribution in [-0.4, -0.2) is 16.1 Å². The van der Waals surface area contributed by atoms with E-state index in [-0.39, 0.29) is 0 Å². The minimum atomic E-state index is -1.78. The molecule has 0 saturated heterocycles. The first-order chi connectivity index (χ1) is 31.0. The molecule has 0 aliphatic rings. The van der Waals surface area contributed by atoms with Gasteiger partial charge < -0.3 is 0 Å². The first-order valence-electron chi connectivity index (χ1n) is 24.9. The predicted molar refractivity (Wildman–Crippen MR) is 294 cm³/mol. The van der Waals surface area contributed by atoms with Gasteiger partial charge in [-0.25, -0.2) is 0 Å². The molecule has 3 heteroatoms. The van der Waals surface area contributed by atoms with Gasteiger partial charge in [-0.15, -0.1) is 22.4 Å². The van der Waals surface area contributed by atoms with Crippen LogP contribution in [0.1, 0.15) is 194 Å². The zero-order chi connectivity index (χ0) is 48.2. The maximum Gasteiger partial charge on any atom is 0.146 e. The Labute approximate surface area is 405 Å². The smallest absolute Gasteiger partial charge is 0.125 e. The topological polar surface area (TPSA) is 0 Å². The third-order valence-electron chi connectivity index (χ3n) is 13.1. The Morgan fingerprint density at radius 1 is 0.354 bits per heavy atom. The van der Waals surface area contributed by atoms with Crippen molar-refractivity contribution in [2.45, 2.75) is 195 Å². The first-order valence-corrected chi connectivity index (χ1v) is 30.1. The quantitative estimate of drug-likeness (QED) is 0.112. The first kappa shape index (κ1) is 54.7. The Kier molecular flexibility index (Phi) is 22.9. The van der Waals surface area contributed by atoms with Crippen molar-refractivity contribution in [3.8, 4) is 70.3 Å². The molecular formula is C62H80SSi2. The molecule has 0 nitrogen and oxygen atoms in total. The molecule has 1 heterocycles. The molecule has 0 unspecified atom stereocenters. The van der Waals surface area contributed by atoms with Gasteiger partial charge in [-0.05, 0) is 120 Å². The van der Waals surface area contributed by atoms with Crippen LogP contribution in [0.4, 0.5) is 0 Å². The summed E-state index contributed by atoms with van der Waals surface area (Å²) in [6, 6.07) is 21.2. The lowest BCUT2D eigenvalue weighted by Crippen LogP contribution is -2.43. The third kappa shape index (κ3) is 15.5. The van der Waals surface area contributed by atoms with Gasteiger partial charge in [-0.3, -0.25) is 0 Å². The summed E-state index contributed by atoms with van der Waals surface area (Å²) in [6.45, 7) is 37.2. The zero-order valence-corrected chi connectivity index (χ0v) is 46.1. The van der Waals surface area contributed by atoms with Crippen molar-refractivity contribution in [2.24, 2.45) is 0 Å². The van der Waals surface area contributed by atoms with Crippen molar-refractivity contribution < 1.29 is 0 Å². The van der Waals surface area contributed by atoms with E-state index in [9.17, 15) is 0 Å². The van der Waals surface area contributed by atoms with Crippen LogP contribution in [-0.2, 0) is 0 Å². The Bertz CT molecular complexity index is 2240.